The molecule has 5 nitrogen and oxygen atoms in total. The molecule has 2 rings (SSSR count). The van der Waals surface area contributed by atoms with Crippen LogP contribution in [-0.2, 0) is 15.8 Å². The van der Waals surface area contributed by atoms with Gasteiger partial charge >= 0.3 is 6.18 Å². The Morgan fingerprint density at radius 1 is 1.31 bits per heavy atom. The van der Waals surface area contributed by atoms with Gasteiger partial charge in [0.05, 0.1) is 5.56 Å². The normalized spacial score (nSPS) is 19.7. The van der Waals surface area contributed by atoms with E-state index in [-0.39, 0.29) is 35.9 Å². The molecule has 0 heterocycles. The molecule has 0 bridgehead atoms. The van der Waals surface area contributed by atoms with Gasteiger partial charge in [-0.25, -0.2) is 0 Å². The molecule has 0 fully saturated rings. The van der Waals surface area contributed by atoms with E-state index in [2.05, 4.69) is 5.32 Å². The number of aliphatic hydroxyl groups is 1. The summed E-state index contributed by atoms with van der Waals surface area (Å²) in [6.07, 6.45) is 7.33. The number of unbranched alkanes of at least 4 members (excludes halogenated alkanes) is 1. The second-order valence-corrected chi connectivity index (χ2v) is 7.51. The first kappa shape index (κ1) is 25.4. The number of alkyl halides is 3. The number of allylic oxidation sites excluding steroid dienone is 5. The predicted molar refractivity (Wildman–Crippen MR) is 115 cm³/mol. The summed E-state index contributed by atoms with van der Waals surface area (Å²) >= 11 is 0. The summed E-state index contributed by atoms with van der Waals surface area (Å²) in [4.78, 5) is 23.3. The Balaban J connectivity index is 1.81. The lowest BCUT2D eigenvalue weighted by atomic mass is 9.90. The van der Waals surface area contributed by atoms with E-state index in [1.54, 1.807) is 19.2 Å². The summed E-state index contributed by atoms with van der Waals surface area (Å²) in [6.45, 7) is -0.210. The largest absolute Gasteiger partial charge is 0.491 e. The first-order chi connectivity index (χ1) is 15.2. The zero-order chi connectivity index (χ0) is 23.6. The SMILES string of the molecule is CNC(=O)CCCC=CC[C@H]1C(=O)C=C[C@@H]1C=CC(O)COc1cccc(C(F)(F)F)c1. The highest BCUT2D eigenvalue weighted by Gasteiger charge is 2.30. The van der Waals surface area contributed by atoms with Crippen molar-refractivity contribution in [1.29, 1.82) is 0 Å². The number of nitrogens with one attached hydrogen (secondary N) is 1. The van der Waals surface area contributed by atoms with E-state index in [1.807, 2.05) is 12.2 Å². The second kappa shape index (κ2) is 12.2. The molecule has 32 heavy (non-hydrogen) atoms. The van der Waals surface area contributed by atoms with Gasteiger partial charge in [0, 0.05) is 25.3 Å². The molecular weight excluding hydrogens is 423 g/mol. The molecule has 0 aliphatic heterocycles. The second-order valence-electron chi connectivity index (χ2n) is 7.51. The smallest absolute Gasteiger partial charge is 0.416 e. The highest BCUT2D eigenvalue weighted by Crippen LogP contribution is 2.31. The Labute approximate surface area is 185 Å². The van der Waals surface area contributed by atoms with Crippen molar-refractivity contribution < 1.29 is 32.6 Å². The molecule has 1 amide bonds. The van der Waals surface area contributed by atoms with Crippen molar-refractivity contribution in [3.63, 3.8) is 0 Å². The van der Waals surface area contributed by atoms with E-state index in [1.165, 1.54) is 24.3 Å². The number of aliphatic hydroxyl groups excluding tert-OH is 1. The van der Waals surface area contributed by atoms with Crippen LogP contribution < -0.4 is 10.1 Å². The topological polar surface area (TPSA) is 75.6 Å². The number of rotatable bonds is 11. The molecule has 0 spiro atoms. The van der Waals surface area contributed by atoms with Gasteiger partial charge in [-0.2, -0.15) is 13.2 Å². The Hall–Kier alpha value is -2.87. The van der Waals surface area contributed by atoms with Crippen LogP contribution >= 0.6 is 0 Å². The molecule has 3 atom stereocenters. The number of amides is 1. The van der Waals surface area contributed by atoms with E-state index in [4.69, 9.17) is 4.74 Å². The predicted octanol–water partition coefficient (Wildman–Crippen LogP) is 4.24. The molecule has 0 saturated carbocycles. The summed E-state index contributed by atoms with van der Waals surface area (Å²) in [5, 5.41) is 12.7. The molecule has 2 N–H and O–H groups in total. The van der Waals surface area contributed by atoms with Crippen molar-refractivity contribution in [2.24, 2.45) is 11.8 Å². The lowest BCUT2D eigenvalue weighted by Gasteiger charge is -2.14. The Morgan fingerprint density at radius 2 is 2.09 bits per heavy atom. The quantitative estimate of drug-likeness (QED) is 0.390. The van der Waals surface area contributed by atoms with Gasteiger partial charge in [0.2, 0.25) is 5.91 Å². The number of hydrogen-bond donors (Lipinski definition) is 2. The zero-order valence-corrected chi connectivity index (χ0v) is 17.8. The van der Waals surface area contributed by atoms with E-state index in [9.17, 15) is 27.9 Å². The summed E-state index contributed by atoms with van der Waals surface area (Å²) in [5.74, 6) is -0.430. The van der Waals surface area contributed by atoms with Gasteiger partial charge in [-0.05, 0) is 43.5 Å². The minimum Gasteiger partial charge on any atom is -0.491 e. The summed E-state index contributed by atoms with van der Waals surface area (Å²) in [7, 11) is 1.60. The van der Waals surface area contributed by atoms with Gasteiger partial charge in [-0.15, -0.1) is 0 Å². The molecule has 1 aliphatic rings. The van der Waals surface area contributed by atoms with E-state index in [0.29, 0.717) is 12.8 Å². The third-order valence-corrected chi connectivity index (χ3v) is 5.06. The fourth-order valence-electron chi connectivity index (χ4n) is 3.25. The molecule has 0 saturated heterocycles. The highest BCUT2D eigenvalue weighted by atomic mass is 19.4. The van der Waals surface area contributed by atoms with E-state index < -0.39 is 17.8 Å². The van der Waals surface area contributed by atoms with Crippen LogP contribution in [0.15, 0.2) is 60.7 Å². The summed E-state index contributed by atoms with van der Waals surface area (Å²) < 4.78 is 43.5. The average Bonchev–Trinajstić information content (AvgIpc) is 3.11. The van der Waals surface area contributed by atoms with Crippen LogP contribution in [0.3, 0.4) is 0 Å². The van der Waals surface area contributed by atoms with Gasteiger partial charge in [-0.3, -0.25) is 9.59 Å². The highest BCUT2D eigenvalue weighted by molar-refractivity contribution is 5.95. The number of carbonyl (C=O) groups is 2. The van der Waals surface area contributed by atoms with Crippen LogP contribution in [0.25, 0.3) is 0 Å². The summed E-state index contributed by atoms with van der Waals surface area (Å²) in [6, 6.07) is 4.46. The van der Waals surface area contributed by atoms with Gasteiger partial charge < -0.3 is 15.2 Å². The molecule has 1 aromatic rings. The number of hydrogen-bond acceptors (Lipinski definition) is 4. The van der Waals surface area contributed by atoms with Crippen molar-refractivity contribution in [2.45, 2.75) is 38.0 Å². The van der Waals surface area contributed by atoms with Crippen molar-refractivity contribution in [3.8, 4) is 5.75 Å². The Kier molecular flexibility index (Phi) is 9.71. The van der Waals surface area contributed by atoms with Crippen molar-refractivity contribution in [1.82, 2.24) is 5.32 Å². The third kappa shape index (κ3) is 8.34. The number of carbonyl (C=O) groups excluding carboxylic acids is 2. The molecule has 1 unspecified atom stereocenters. The van der Waals surface area contributed by atoms with Gasteiger partial charge in [0.1, 0.15) is 18.5 Å². The van der Waals surface area contributed by atoms with Gasteiger partial charge in [-0.1, -0.05) is 36.4 Å². The van der Waals surface area contributed by atoms with Crippen LogP contribution in [0.5, 0.6) is 5.75 Å². The van der Waals surface area contributed by atoms with Crippen molar-refractivity contribution >= 4 is 11.7 Å². The maximum absolute atomic E-state index is 12.8. The lowest BCUT2D eigenvalue weighted by Crippen LogP contribution is -2.17. The van der Waals surface area contributed by atoms with Crippen LogP contribution in [0.2, 0.25) is 0 Å². The van der Waals surface area contributed by atoms with Gasteiger partial charge in [0.25, 0.3) is 0 Å². The minimum absolute atomic E-state index is 0.00404. The molecule has 0 aromatic heterocycles. The van der Waals surface area contributed by atoms with Gasteiger partial charge in [0.15, 0.2) is 5.78 Å². The number of ether oxygens (including phenoxy) is 1. The fraction of sp³-hybridized carbons (Fsp3) is 0.417. The van der Waals surface area contributed by atoms with Crippen LogP contribution in [0, 0.1) is 11.8 Å². The molecule has 174 valence electrons. The molecule has 8 heteroatoms. The maximum atomic E-state index is 12.8. The Morgan fingerprint density at radius 3 is 2.81 bits per heavy atom. The van der Waals surface area contributed by atoms with E-state index in [0.717, 1.165) is 25.0 Å². The number of halogens is 3. The third-order valence-electron chi connectivity index (χ3n) is 5.06. The molecular formula is C24H28F3NO4. The lowest BCUT2D eigenvalue weighted by molar-refractivity contribution is -0.137. The first-order valence-electron chi connectivity index (χ1n) is 10.4. The Bertz CT molecular complexity index is 861. The van der Waals surface area contributed by atoms with Crippen LogP contribution in [0.1, 0.15) is 31.2 Å². The monoisotopic (exact) mass is 451 g/mol. The standard InChI is InChI=1S/C24H28F3NO4/c1-28-23(31)10-5-3-2-4-9-21-17(12-14-22(21)30)11-13-19(29)16-32-20-8-6-7-18(15-20)24(25,26)27/h2,4,6-8,11-15,17,19,21,29H,3,5,9-10,16H2,1H3,(H,28,31)/t17-,19?,21+/m0/s1. The average molecular weight is 451 g/mol. The van der Waals surface area contributed by atoms with Crippen molar-refractivity contribution in [3.05, 3.63) is 66.3 Å². The zero-order valence-electron chi connectivity index (χ0n) is 17.8. The molecule has 1 aromatic carbocycles. The molecule has 1 aliphatic carbocycles. The number of benzene rings is 1. The van der Waals surface area contributed by atoms with E-state index >= 15 is 0 Å². The van der Waals surface area contributed by atoms with Crippen LogP contribution in [-0.4, -0.2) is 36.6 Å². The maximum Gasteiger partial charge on any atom is 0.416 e. The van der Waals surface area contributed by atoms with Crippen LogP contribution in [0.4, 0.5) is 13.2 Å². The fourth-order valence-corrected chi connectivity index (χ4v) is 3.25. The number of ketones is 1. The summed E-state index contributed by atoms with van der Waals surface area (Å²) in [5.41, 5.74) is -0.820. The molecule has 0 radical (unpaired) electrons. The van der Waals surface area contributed by atoms with Crippen molar-refractivity contribution in [2.75, 3.05) is 13.7 Å². The first-order valence-corrected chi connectivity index (χ1v) is 10.4. The minimum atomic E-state index is -4.47.